The highest BCUT2D eigenvalue weighted by Gasteiger charge is 2.17. The number of carbonyl (C=O) groups is 1. The molecule has 0 saturated carbocycles. The lowest BCUT2D eigenvalue weighted by atomic mass is 9.95. The summed E-state index contributed by atoms with van der Waals surface area (Å²) in [5.41, 5.74) is 0. The summed E-state index contributed by atoms with van der Waals surface area (Å²) in [6, 6.07) is 0. The van der Waals surface area contributed by atoms with Crippen LogP contribution in [-0.2, 0) is 9.53 Å². The van der Waals surface area contributed by atoms with E-state index in [2.05, 4.69) is 13.8 Å². The fourth-order valence-corrected chi connectivity index (χ4v) is 3.58. The van der Waals surface area contributed by atoms with Crippen molar-refractivity contribution in [2.75, 3.05) is 7.11 Å². The van der Waals surface area contributed by atoms with Crippen LogP contribution in [0.2, 0.25) is 0 Å². The molecule has 1 atom stereocenters. The van der Waals surface area contributed by atoms with Crippen LogP contribution >= 0.6 is 0 Å². The van der Waals surface area contributed by atoms with E-state index < -0.39 is 0 Å². The molecular weight excluding hydrogens is 308 g/mol. The van der Waals surface area contributed by atoms with Crippen LogP contribution in [0.3, 0.4) is 0 Å². The molecule has 0 aliphatic rings. The van der Waals surface area contributed by atoms with Crippen molar-refractivity contribution in [1.82, 2.24) is 0 Å². The van der Waals surface area contributed by atoms with Gasteiger partial charge in [0.25, 0.3) is 0 Å². The summed E-state index contributed by atoms with van der Waals surface area (Å²) in [5.74, 6) is 0.144. The number of rotatable bonds is 19. The smallest absolute Gasteiger partial charge is 0.308 e. The highest BCUT2D eigenvalue weighted by Crippen LogP contribution is 2.19. The summed E-state index contributed by atoms with van der Waals surface area (Å²) in [7, 11) is 1.52. The standard InChI is InChI=1S/C23H46O2/c1-4-6-8-9-10-11-12-13-14-15-16-17-18-19-21-22(20-7-5-2)23(24)25-3/h22H,4-21H2,1-3H3. The molecule has 0 radical (unpaired) electrons. The predicted molar refractivity (Wildman–Crippen MR) is 110 cm³/mol. The lowest BCUT2D eigenvalue weighted by Gasteiger charge is -2.13. The average molecular weight is 355 g/mol. The van der Waals surface area contributed by atoms with E-state index in [9.17, 15) is 4.79 Å². The molecule has 2 heteroatoms. The molecule has 150 valence electrons. The van der Waals surface area contributed by atoms with Gasteiger partial charge in [-0.2, -0.15) is 0 Å². The van der Waals surface area contributed by atoms with E-state index in [0.29, 0.717) is 0 Å². The van der Waals surface area contributed by atoms with Gasteiger partial charge in [0.15, 0.2) is 0 Å². The van der Waals surface area contributed by atoms with E-state index in [1.54, 1.807) is 0 Å². The molecular formula is C23H46O2. The Labute approximate surface area is 158 Å². The van der Waals surface area contributed by atoms with Crippen LogP contribution in [0.25, 0.3) is 0 Å². The highest BCUT2D eigenvalue weighted by molar-refractivity contribution is 5.72. The van der Waals surface area contributed by atoms with Crippen molar-refractivity contribution in [1.29, 1.82) is 0 Å². The third-order valence-corrected chi connectivity index (χ3v) is 5.35. The summed E-state index contributed by atoms with van der Waals surface area (Å²) < 4.78 is 4.94. The molecule has 0 aromatic rings. The van der Waals surface area contributed by atoms with Gasteiger partial charge in [0.05, 0.1) is 13.0 Å². The second-order valence-corrected chi connectivity index (χ2v) is 7.75. The monoisotopic (exact) mass is 354 g/mol. The molecule has 0 aromatic carbocycles. The van der Waals surface area contributed by atoms with Crippen molar-refractivity contribution in [2.24, 2.45) is 5.92 Å². The molecule has 2 nitrogen and oxygen atoms in total. The first kappa shape index (κ1) is 24.5. The zero-order valence-corrected chi connectivity index (χ0v) is 17.6. The third-order valence-electron chi connectivity index (χ3n) is 5.35. The van der Waals surface area contributed by atoms with Gasteiger partial charge in [-0.05, 0) is 12.8 Å². The van der Waals surface area contributed by atoms with Gasteiger partial charge in [0.2, 0.25) is 0 Å². The van der Waals surface area contributed by atoms with Crippen LogP contribution in [0.15, 0.2) is 0 Å². The van der Waals surface area contributed by atoms with Crippen LogP contribution in [0.5, 0.6) is 0 Å². The SMILES string of the molecule is CCCCCCCCCCCCCCCCC(CCCC)C(=O)OC. The van der Waals surface area contributed by atoms with Gasteiger partial charge in [-0.1, -0.05) is 117 Å². The van der Waals surface area contributed by atoms with Crippen LogP contribution in [-0.4, -0.2) is 13.1 Å². The zero-order chi connectivity index (χ0) is 18.6. The minimum atomic E-state index is 0.00291. The van der Waals surface area contributed by atoms with Crippen molar-refractivity contribution >= 4 is 5.97 Å². The number of carbonyl (C=O) groups excluding carboxylic acids is 1. The summed E-state index contributed by atoms with van der Waals surface area (Å²) >= 11 is 0. The molecule has 25 heavy (non-hydrogen) atoms. The zero-order valence-electron chi connectivity index (χ0n) is 17.6. The van der Waals surface area contributed by atoms with E-state index in [-0.39, 0.29) is 11.9 Å². The Hall–Kier alpha value is -0.530. The molecule has 0 aliphatic carbocycles. The summed E-state index contributed by atoms with van der Waals surface area (Å²) in [6.45, 7) is 4.46. The minimum absolute atomic E-state index is 0.00291. The maximum Gasteiger partial charge on any atom is 0.308 e. The van der Waals surface area contributed by atoms with Crippen molar-refractivity contribution < 1.29 is 9.53 Å². The van der Waals surface area contributed by atoms with Gasteiger partial charge in [-0.15, -0.1) is 0 Å². The van der Waals surface area contributed by atoms with E-state index in [1.807, 2.05) is 0 Å². The second kappa shape index (κ2) is 19.8. The summed E-state index contributed by atoms with van der Waals surface area (Å²) in [6.07, 6.45) is 23.7. The number of unbranched alkanes of at least 4 members (excludes halogenated alkanes) is 14. The summed E-state index contributed by atoms with van der Waals surface area (Å²) in [4.78, 5) is 11.8. The van der Waals surface area contributed by atoms with E-state index in [1.165, 1.54) is 97.0 Å². The van der Waals surface area contributed by atoms with E-state index >= 15 is 0 Å². The Morgan fingerprint density at radius 3 is 1.36 bits per heavy atom. The Morgan fingerprint density at radius 1 is 0.600 bits per heavy atom. The topological polar surface area (TPSA) is 26.3 Å². The number of ether oxygens (including phenoxy) is 1. The normalized spacial score (nSPS) is 12.3. The van der Waals surface area contributed by atoms with Gasteiger partial charge in [0, 0.05) is 0 Å². The highest BCUT2D eigenvalue weighted by atomic mass is 16.5. The lowest BCUT2D eigenvalue weighted by Crippen LogP contribution is -2.16. The number of methoxy groups -OCH3 is 1. The molecule has 0 aliphatic heterocycles. The summed E-state index contributed by atoms with van der Waals surface area (Å²) in [5, 5.41) is 0. The van der Waals surface area contributed by atoms with Crippen LogP contribution in [0.1, 0.15) is 129 Å². The van der Waals surface area contributed by atoms with E-state index in [4.69, 9.17) is 4.74 Å². The first-order valence-corrected chi connectivity index (χ1v) is 11.3. The first-order chi connectivity index (χ1) is 12.3. The van der Waals surface area contributed by atoms with E-state index in [0.717, 1.165) is 25.7 Å². The van der Waals surface area contributed by atoms with Gasteiger partial charge in [-0.3, -0.25) is 4.79 Å². The maximum absolute atomic E-state index is 11.8. The molecule has 1 unspecified atom stereocenters. The Morgan fingerprint density at radius 2 is 0.960 bits per heavy atom. The Bertz CT molecular complexity index is 275. The van der Waals surface area contributed by atoms with Crippen molar-refractivity contribution in [3.05, 3.63) is 0 Å². The Balaban J connectivity index is 3.35. The van der Waals surface area contributed by atoms with Gasteiger partial charge >= 0.3 is 5.97 Å². The molecule has 0 aromatic heterocycles. The van der Waals surface area contributed by atoms with Crippen LogP contribution < -0.4 is 0 Å². The molecule has 0 N–H and O–H groups in total. The number of esters is 1. The number of hydrogen-bond acceptors (Lipinski definition) is 2. The van der Waals surface area contributed by atoms with Crippen LogP contribution in [0, 0.1) is 5.92 Å². The molecule has 0 fully saturated rings. The predicted octanol–water partition coefficient (Wildman–Crippen LogP) is 7.84. The first-order valence-electron chi connectivity index (χ1n) is 11.3. The fraction of sp³-hybridized carbons (Fsp3) is 0.957. The maximum atomic E-state index is 11.8. The van der Waals surface area contributed by atoms with Gasteiger partial charge in [0.1, 0.15) is 0 Å². The average Bonchev–Trinajstić information content (AvgIpc) is 2.63. The molecule has 0 bridgehead atoms. The molecule has 0 spiro atoms. The minimum Gasteiger partial charge on any atom is -0.469 e. The fourth-order valence-electron chi connectivity index (χ4n) is 3.58. The van der Waals surface area contributed by atoms with Crippen molar-refractivity contribution in [3.63, 3.8) is 0 Å². The third kappa shape index (κ3) is 16.7. The van der Waals surface area contributed by atoms with Crippen LogP contribution in [0.4, 0.5) is 0 Å². The molecule has 0 rings (SSSR count). The quantitative estimate of drug-likeness (QED) is 0.174. The largest absolute Gasteiger partial charge is 0.469 e. The second-order valence-electron chi connectivity index (χ2n) is 7.75. The molecule has 0 saturated heterocycles. The van der Waals surface area contributed by atoms with Gasteiger partial charge < -0.3 is 4.74 Å². The number of hydrogen-bond donors (Lipinski definition) is 0. The van der Waals surface area contributed by atoms with Crippen molar-refractivity contribution in [3.8, 4) is 0 Å². The lowest BCUT2D eigenvalue weighted by molar-refractivity contribution is -0.146. The van der Waals surface area contributed by atoms with Gasteiger partial charge in [-0.25, -0.2) is 0 Å². The molecule has 0 heterocycles. The van der Waals surface area contributed by atoms with Crippen molar-refractivity contribution in [2.45, 2.75) is 129 Å². The molecule has 0 amide bonds. The Kier molecular flexibility index (Phi) is 19.4.